The summed E-state index contributed by atoms with van der Waals surface area (Å²) >= 11 is 2.38. The topological polar surface area (TPSA) is 47.0 Å². The summed E-state index contributed by atoms with van der Waals surface area (Å²) in [6, 6.07) is 0. The van der Waals surface area contributed by atoms with E-state index in [2.05, 4.69) is 34.8 Å². The molecule has 0 saturated heterocycles. The second-order valence-corrected chi connectivity index (χ2v) is 7.58. The molecule has 0 amide bonds. The van der Waals surface area contributed by atoms with E-state index in [-0.39, 0.29) is 5.60 Å². The van der Waals surface area contributed by atoms with Gasteiger partial charge in [0.15, 0.2) is 5.82 Å². The summed E-state index contributed by atoms with van der Waals surface area (Å²) in [7, 11) is 3.75. The Morgan fingerprint density at radius 3 is 2.38 bits per heavy atom. The van der Waals surface area contributed by atoms with Gasteiger partial charge in [0.1, 0.15) is 11.4 Å². The minimum Gasteiger partial charge on any atom is -0.372 e. The van der Waals surface area contributed by atoms with Crippen LogP contribution in [0.3, 0.4) is 0 Å². The van der Waals surface area contributed by atoms with Crippen LogP contribution >= 0.6 is 22.6 Å². The molecule has 4 nitrogen and oxygen atoms in total. The zero-order valence-electron chi connectivity index (χ0n) is 13.1. The maximum atomic E-state index is 5.95. The highest BCUT2D eigenvalue weighted by Gasteiger charge is 2.40. The number of hydrogen-bond acceptors (Lipinski definition) is 4. The molecule has 116 valence electrons. The molecule has 0 radical (unpaired) electrons. The number of halogens is 1. The molecule has 2 aliphatic rings. The first-order valence-electron chi connectivity index (χ1n) is 7.90. The van der Waals surface area contributed by atoms with E-state index in [1.54, 1.807) is 0 Å². The van der Waals surface area contributed by atoms with Gasteiger partial charge in [0.05, 0.1) is 9.26 Å². The predicted molar refractivity (Wildman–Crippen MR) is 92.6 cm³/mol. The van der Waals surface area contributed by atoms with E-state index in [9.17, 15) is 0 Å². The van der Waals surface area contributed by atoms with Crippen LogP contribution in [0, 0.1) is 9.49 Å². The molecule has 1 N–H and O–H groups in total. The average Bonchev–Trinajstić information content (AvgIpc) is 3.33. The van der Waals surface area contributed by atoms with Crippen LogP contribution in [-0.4, -0.2) is 24.1 Å². The van der Waals surface area contributed by atoms with Crippen LogP contribution < -0.4 is 5.32 Å². The lowest BCUT2D eigenvalue weighted by atomic mass is 9.79. The molecule has 21 heavy (non-hydrogen) atoms. The smallest absolute Gasteiger partial charge is 0.162 e. The van der Waals surface area contributed by atoms with Crippen LogP contribution in [0.1, 0.15) is 62.9 Å². The first-order chi connectivity index (χ1) is 10.1. The number of nitrogens with one attached hydrogen (secondary N) is 1. The third-order valence-corrected chi connectivity index (χ3v) is 6.02. The van der Waals surface area contributed by atoms with E-state index in [0.717, 1.165) is 30.4 Å². The SMILES string of the molecule is CNc1nc(C2(OC)CCC(C)CC2)nc(C2CC2)c1I. The summed E-state index contributed by atoms with van der Waals surface area (Å²) in [4.78, 5) is 9.75. The average molecular weight is 401 g/mol. The molecule has 0 unspecified atom stereocenters. The van der Waals surface area contributed by atoms with Crippen LogP contribution in [0.15, 0.2) is 0 Å². The summed E-state index contributed by atoms with van der Waals surface area (Å²) in [5.74, 6) is 3.26. The van der Waals surface area contributed by atoms with Gasteiger partial charge in [-0.05, 0) is 67.0 Å². The number of hydrogen-bond donors (Lipinski definition) is 1. The molecule has 1 aromatic heterocycles. The van der Waals surface area contributed by atoms with Crippen LogP contribution in [0.25, 0.3) is 0 Å². The summed E-state index contributed by atoms with van der Waals surface area (Å²) < 4.78 is 7.13. The quantitative estimate of drug-likeness (QED) is 0.774. The molecule has 2 aliphatic carbocycles. The highest BCUT2D eigenvalue weighted by Crippen LogP contribution is 2.45. The Labute approximate surface area is 140 Å². The molecule has 0 bridgehead atoms. The van der Waals surface area contributed by atoms with E-state index in [0.29, 0.717) is 5.92 Å². The summed E-state index contributed by atoms with van der Waals surface area (Å²) in [6.07, 6.45) is 6.95. The van der Waals surface area contributed by atoms with Gasteiger partial charge in [-0.3, -0.25) is 0 Å². The van der Waals surface area contributed by atoms with E-state index >= 15 is 0 Å². The monoisotopic (exact) mass is 401 g/mol. The zero-order valence-corrected chi connectivity index (χ0v) is 15.2. The lowest BCUT2D eigenvalue weighted by Crippen LogP contribution is -2.35. The molecule has 0 aliphatic heterocycles. The second kappa shape index (κ2) is 5.99. The van der Waals surface area contributed by atoms with Crippen molar-refractivity contribution in [3.8, 4) is 0 Å². The Hall–Kier alpha value is -0.430. The first-order valence-corrected chi connectivity index (χ1v) is 8.98. The van der Waals surface area contributed by atoms with Crippen molar-refractivity contribution in [1.29, 1.82) is 0 Å². The van der Waals surface area contributed by atoms with Gasteiger partial charge in [-0.15, -0.1) is 0 Å². The van der Waals surface area contributed by atoms with Crippen molar-refractivity contribution in [1.82, 2.24) is 9.97 Å². The van der Waals surface area contributed by atoms with Crippen LogP contribution in [0.2, 0.25) is 0 Å². The van der Waals surface area contributed by atoms with Gasteiger partial charge in [-0.25, -0.2) is 9.97 Å². The second-order valence-electron chi connectivity index (χ2n) is 6.50. The molecular weight excluding hydrogens is 377 g/mol. The maximum absolute atomic E-state index is 5.95. The van der Waals surface area contributed by atoms with Crippen LogP contribution in [0.4, 0.5) is 5.82 Å². The normalized spacial score (nSPS) is 29.4. The third-order valence-electron chi connectivity index (χ3n) is 4.96. The van der Waals surface area contributed by atoms with Gasteiger partial charge in [-0.2, -0.15) is 0 Å². The van der Waals surface area contributed by atoms with E-state index in [4.69, 9.17) is 14.7 Å². The Balaban J connectivity index is 2.01. The molecule has 2 saturated carbocycles. The van der Waals surface area contributed by atoms with Crippen molar-refractivity contribution < 1.29 is 4.74 Å². The predicted octanol–water partition coefficient (Wildman–Crippen LogP) is 4.05. The Morgan fingerprint density at radius 2 is 1.86 bits per heavy atom. The van der Waals surface area contributed by atoms with Crippen LogP contribution in [0.5, 0.6) is 0 Å². The number of rotatable bonds is 4. The molecule has 1 heterocycles. The van der Waals surface area contributed by atoms with Gasteiger partial charge in [0.25, 0.3) is 0 Å². The highest BCUT2D eigenvalue weighted by molar-refractivity contribution is 14.1. The standard InChI is InChI=1S/C16H24IN3O/c1-10-6-8-16(21-3,9-7-10)15-19-13(11-4-5-11)12(17)14(18-2)20-15/h10-11H,4-9H2,1-3H3,(H,18,19,20). The summed E-state index contributed by atoms with van der Waals surface area (Å²) in [5, 5.41) is 3.23. The fraction of sp³-hybridized carbons (Fsp3) is 0.750. The van der Waals surface area contributed by atoms with Crippen LogP contribution in [-0.2, 0) is 10.3 Å². The van der Waals surface area contributed by atoms with Crippen molar-refractivity contribution in [2.75, 3.05) is 19.5 Å². The Morgan fingerprint density at radius 1 is 1.19 bits per heavy atom. The molecular formula is C16H24IN3O. The van der Waals surface area contributed by atoms with Crippen molar-refractivity contribution in [3.63, 3.8) is 0 Å². The largest absolute Gasteiger partial charge is 0.372 e. The number of aromatic nitrogens is 2. The fourth-order valence-corrected chi connectivity index (χ4v) is 4.16. The first kappa shape index (κ1) is 15.5. The zero-order chi connectivity index (χ0) is 15.0. The van der Waals surface area contributed by atoms with E-state index in [1.165, 1.54) is 34.9 Å². The van der Waals surface area contributed by atoms with Gasteiger partial charge in [0, 0.05) is 20.1 Å². The molecule has 3 rings (SSSR count). The minimum atomic E-state index is -0.286. The van der Waals surface area contributed by atoms with Crippen molar-refractivity contribution >= 4 is 28.4 Å². The number of anilines is 1. The highest BCUT2D eigenvalue weighted by atomic mass is 127. The van der Waals surface area contributed by atoms with Crippen molar-refractivity contribution in [2.24, 2.45) is 5.92 Å². The third kappa shape index (κ3) is 2.91. The Bertz CT molecular complexity index is 522. The van der Waals surface area contributed by atoms with Crippen molar-refractivity contribution in [2.45, 2.75) is 57.0 Å². The van der Waals surface area contributed by atoms with Gasteiger partial charge < -0.3 is 10.1 Å². The van der Waals surface area contributed by atoms with E-state index < -0.39 is 0 Å². The van der Waals surface area contributed by atoms with E-state index in [1.807, 2.05) is 14.2 Å². The fourth-order valence-electron chi connectivity index (χ4n) is 3.21. The molecule has 2 fully saturated rings. The van der Waals surface area contributed by atoms with Gasteiger partial charge in [0.2, 0.25) is 0 Å². The molecule has 1 aromatic rings. The molecule has 0 spiro atoms. The lowest BCUT2D eigenvalue weighted by molar-refractivity contribution is -0.0598. The molecule has 0 aromatic carbocycles. The number of methoxy groups -OCH3 is 1. The molecule has 5 heteroatoms. The number of ether oxygens (including phenoxy) is 1. The van der Waals surface area contributed by atoms with Crippen molar-refractivity contribution in [3.05, 3.63) is 15.1 Å². The molecule has 0 atom stereocenters. The van der Waals surface area contributed by atoms with Gasteiger partial charge >= 0.3 is 0 Å². The Kier molecular flexibility index (Phi) is 4.41. The maximum Gasteiger partial charge on any atom is 0.162 e. The summed E-state index contributed by atoms with van der Waals surface area (Å²) in [6.45, 7) is 2.32. The minimum absolute atomic E-state index is 0.286. The lowest BCUT2D eigenvalue weighted by Gasteiger charge is -2.37. The van der Waals surface area contributed by atoms with Gasteiger partial charge in [-0.1, -0.05) is 6.92 Å². The summed E-state index contributed by atoms with van der Waals surface area (Å²) in [5.41, 5.74) is 0.937. The number of nitrogens with zero attached hydrogens (tertiary/aromatic N) is 2.